The van der Waals surface area contributed by atoms with Crippen LogP contribution in [0.1, 0.15) is 40.0 Å². The van der Waals surface area contributed by atoms with Gasteiger partial charge in [0.1, 0.15) is 5.82 Å². The first kappa shape index (κ1) is 15.0. The van der Waals surface area contributed by atoms with E-state index in [0.29, 0.717) is 5.56 Å². The Hall–Kier alpha value is -2.36. The van der Waals surface area contributed by atoms with Crippen LogP contribution in [-0.4, -0.2) is 11.1 Å². The van der Waals surface area contributed by atoms with Gasteiger partial charge in [-0.15, -0.1) is 0 Å². The second-order valence-electron chi connectivity index (χ2n) is 5.21. The number of carboxylic acids is 1. The topological polar surface area (TPSA) is 49.3 Å². The van der Waals surface area contributed by atoms with E-state index < -0.39 is 5.97 Å². The van der Waals surface area contributed by atoms with E-state index in [-0.39, 0.29) is 17.4 Å². The molecule has 1 unspecified atom stereocenters. The molecule has 2 rings (SSSR count). The molecule has 110 valence electrons. The van der Waals surface area contributed by atoms with Crippen LogP contribution < -0.4 is 5.32 Å². The van der Waals surface area contributed by atoms with Crippen LogP contribution in [0.2, 0.25) is 0 Å². The Morgan fingerprint density at radius 1 is 1.14 bits per heavy atom. The van der Waals surface area contributed by atoms with Crippen molar-refractivity contribution in [2.75, 3.05) is 5.32 Å². The van der Waals surface area contributed by atoms with E-state index in [1.807, 2.05) is 19.9 Å². The van der Waals surface area contributed by atoms with Gasteiger partial charge in [-0.05, 0) is 61.7 Å². The number of hydrogen-bond donors (Lipinski definition) is 2. The van der Waals surface area contributed by atoms with Crippen LogP contribution in [-0.2, 0) is 0 Å². The maximum Gasteiger partial charge on any atom is 0.335 e. The summed E-state index contributed by atoms with van der Waals surface area (Å²) >= 11 is 0. The summed E-state index contributed by atoms with van der Waals surface area (Å²) in [5.74, 6) is -1.17. The standard InChI is InChI=1S/C17H18FNO2/c1-10-4-5-13(9-15(10)18)12(3)19-16-7-6-14(17(20)21)8-11(16)2/h4-9,12,19H,1-3H3,(H,20,21). The van der Waals surface area contributed by atoms with E-state index in [4.69, 9.17) is 5.11 Å². The van der Waals surface area contributed by atoms with E-state index in [2.05, 4.69) is 5.32 Å². The molecule has 0 aromatic heterocycles. The minimum Gasteiger partial charge on any atom is -0.478 e. The molecule has 21 heavy (non-hydrogen) atoms. The Balaban J connectivity index is 2.21. The van der Waals surface area contributed by atoms with Crippen molar-refractivity contribution < 1.29 is 14.3 Å². The number of aromatic carboxylic acids is 1. The summed E-state index contributed by atoms with van der Waals surface area (Å²) in [7, 11) is 0. The predicted octanol–water partition coefficient (Wildman–Crippen LogP) is 4.31. The average molecular weight is 287 g/mol. The summed E-state index contributed by atoms with van der Waals surface area (Å²) < 4.78 is 13.6. The number of carbonyl (C=O) groups is 1. The summed E-state index contributed by atoms with van der Waals surface area (Å²) in [6, 6.07) is 10.00. The molecule has 0 aliphatic rings. The average Bonchev–Trinajstić information content (AvgIpc) is 2.43. The van der Waals surface area contributed by atoms with E-state index in [9.17, 15) is 9.18 Å². The monoisotopic (exact) mass is 287 g/mol. The number of benzene rings is 2. The van der Waals surface area contributed by atoms with Crippen molar-refractivity contribution in [3.8, 4) is 0 Å². The molecular formula is C17H18FNO2. The van der Waals surface area contributed by atoms with Crippen molar-refractivity contribution in [3.63, 3.8) is 0 Å². The molecule has 0 aliphatic heterocycles. The van der Waals surface area contributed by atoms with Gasteiger partial charge in [-0.25, -0.2) is 9.18 Å². The van der Waals surface area contributed by atoms with Crippen molar-refractivity contribution in [1.82, 2.24) is 0 Å². The maximum atomic E-state index is 13.6. The molecule has 0 heterocycles. The summed E-state index contributed by atoms with van der Waals surface area (Å²) in [5, 5.41) is 12.2. The molecule has 2 aromatic carbocycles. The molecule has 0 fully saturated rings. The minimum absolute atomic E-state index is 0.0746. The molecule has 2 N–H and O–H groups in total. The SMILES string of the molecule is Cc1ccc(C(C)Nc2ccc(C(=O)O)cc2C)cc1F. The highest BCUT2D eigenvalue weighted by Crippen LogP contribution is 2.24. The van der Waals surface area contributed by atoms with Gasteiger partial charge < -0.3 is 10.4 Å². The zero-order chi connectivity index (χ0) is 15.6. The van der Waals surface area contributed by atoms with Gasteiger partial charge in [-0.3, -0.25) is 0 Å². The molecule has 0 radical (unpaired) electrons. The maximum absolute atomic E-state index is 13.6. The molecule has 0 saturated heterocycles. The molecule has 0 spiro atoms. The van der Waals surface area contributed by atoms with E-state index in [0.717, 1.165) is 16.8 Å². The van der Waals surface area contributed by atoms with Crippen molar-refractivity contribution >= 4 is 11.7 Å². The van der Waals surface area contributed by atoms with Crippen molar-refractivity contribution in [3.05, 3.63) is 64.5 Å². The van der Waals surface area contributed by atoms with Gasteiger partial charge in [0.15, 0.2) is 0 Å². The highest BCUT2D eigenvalue weighted by atomic mass is 19.1. The largest absolute Gasteiger partial charge is 0.478 e. The Labute approximate surface area is 123 Å². The lowest BCUT2D eigenvalue weighted by atomic mass is 10.0. The lowest BCUT2D eigenvalue weighted by Crippen LogP contribution is -2.09. The molecular weight excluding hydrogens is 269 g/mol. The molecule has 2 aromatic rings. The second kappa shape index (κ2) is 5.95. The fraction of sp³-hybridized carbons (Fsp3) is 0.235. The van der Waals surface area contributed by atoms with Gasteiger partial charge in [-0.2, -0.15) is 0 Å². The first-order valence-corrected chi connectivity index (χ1v) is 6.75. The third-order valence-corrected chi connectivity index (χ3v) is 3.54. The number of rotatable bonds is 4. The van der Waals surface area contributed by atoms with Crippen molar-refractivity contribution in [1.29, 1.82) is 0 Å². The van der Waals surface area contributed by atoms with Gasteiger partial charge in [0, 0.05) is 11.7 Å². The van der Waals surface area contributed by atoms with Crippen LogP contribution in [0.25, 0.3) is 0 Å². The first-order chi connectivity index (χ1) is 9.88. The van der Waals surface area contributed by atoms with Gasteiger partial charge in [0.2, 0.25) is 0 Å². The summed E-state index contributed by atoms with van der Waals surface area (Å²) in [6.45, 7) is 5.51. The van der Waals surface area contributed by atoms with E-state index in [1.54, 1.807) is 31.2 Å². The van der Waals surface area contributed by atoms with Gasteiger partial charge >= 0.3 is 5.97 Å². The van der Waals surface area contributed by atoms with E-state index >= 15 is 0 Å². The number of hydrogen-bond acceptors (Lipinski definition) is 2. The highest BCUT2D eigenvalue weighted by Gasteiger charge is 2.10. The Morgan fingerprint density at radius 2 is 1.86 bits per heavy atom. The number of carboxylic acid groups (broad SMARTS) is 1. The molecule has 0 aliphatic carbocycles. The van der Waals surface area contributed by atoms with Crippen molar-refractivity contribution in [2.24, 2.45) is 0 Å². The number of halogens is 1. The highest BCUT2D eigenvalue weighted by molar-refractivity contribution is 5.88. The third-order valence-electron chi connectivity index (χ3n) is 3.54. The van der Waals surface area contributed by atoms with Crippen LogP contribution in [0, 0.1) is 19.7 Å². The zero-order valence-corrected chi connectivity index (χ0v) is 12.3. The van der Waals surface area contributed by atoms with Gasteiger partial charge in [-0.1, -0.05) is 12.1 Å². The fourth-order valence-electron chi connectivity index (χ4n) is 2.15. The quantitative estimate of drug-likeness (QED) is 0.880. The molecule has 0 bridgehead atoms. The van der Waals surface area contributed by atoms with Crippen LogP contribution >= 0.6 is 0 Å². The Morgan fingerprint density at radius 3 is 2.43 bits per heavy atom. The Kier molecular flexibility index (Phi) is 4.26. The first-order valence-electron chi connectivity index (χ1n) is 6.75. The summed E-state index contributed by atoms with van der Waals surface area (Å²) in [6.07, 6.45) is 0. The molecule has 0 saturated carbocycles. The summed E-state index contributed by atoms with van der Waals surface area (Å²) in [5.41, 5.74) is 3.41. The van der Waals surface area contributed by atoms with Gasteiger partial charge in [0.25, 0.3) is 0 Å². The van der Waals surface area contributed by atoms with Crippen LogP contribution in [0.4, 0.5) is 10.1 Å². The molecule has 3 nitrogen and oxygen atoms in total. The predicted molar refractivity (Wildman–Crippen MR) is 81.3 cm³/mol. The number of aryl methyl sites for hydroxylation is 2. The normalized spacial score (nSPS) is 12.0. The number of nitrogens with one attached hydrogen (secondary N) is 1. The second-order valence-corrected chi connectivity index (χ2v) is 5.21. The van der Waals surface area contributed by atoms with E-state index in [1.165, 1.54) is 6.07 Å². The van der Waals surface area contributed by atoms with Gasteiger partial charge in [0.05, 0.1) is 5.56 Å². The van der Waals surface area contributed by atoms with Crippen molar-refractivity contribution in [2.45, 2.75) is 26.8 Å². The number of anilines is 1. The lowest BCUT2D eigenvalue weighted by Gasteiger charge is -2.18. The zero-order valence-electron chi connectivity index (χ0n) is 12.3. The smallest absolute Gasteiger partial charge is 0.335 e. The molecule has 1 atom stereocenters. The molecule has 4 heteroatoms. The summed E-state index contributed by atoms with van der Waals surface area (Å²) in [4.78, 5) is 10.9. The fourth-order valence-corrected chi connectivity index (χ4v) is 2.15. The van der Waals surface area contributed by atoms with Crippen LogP contribution in [0.3, 0.4) is 0 Å². The van der Waals surface area contributed by atoms with Crippen LogP contribution in [0.5, 0.6) is 0 Å². The Bertz CT molecular complexity index is 682. The third kappa shape index (κ3) is 3.40. The van der Waals surface area contributed by atoms with Crippen LogP contribution in [0.15, 0.2) is 36.4 Å². The minimum atomic E-state index is -0.946. The molecule has 0 amide bonds. The lowest BCUT2D eigenvalue weighted by molar-refractivity contribution is 0.0697.